The van der Waals surface area contributed by atoms with Crippen molar-refractivity contribution in [2.24, 2.45) is 20.0 Å². The Balaban J connectivity index is 0.000000307. The summed E-state index contributed by atoms with van der Waals surface area (Å²) in [5, 5.41) is 0. The minimum absolute atomic E-state index is 0. The van der Waals surface area contributed by atoms with E-state index >= 15 is 0 Å². The van der Waals surface area contributed by atoms with Crippen molar-refractivity contribution < 1.29 is 17.1 Å². The second kappa shape index (κ2) is 17.0. The van der Waals surface area contributed by atoms with Gasteiger partial charge in [-0.2, -0.15) is 0 Å². The van der Waals surface area contributed by atoms with Gasteiger partial charge in [-0.1, -0.05) is 72.8 Å². The molecule has 0 bridgehead atoms. The van der Waals surface area contributed by atoms with Crippen LogP contribution in [0.1, 0.15) is 72.2 Å². The number of para-hydroxylation sites is 4. The van der Waals surface area contributed by atoms with Gasteiger partial charge >= 0.3 is 0 Å². The first-order chi connectivity index (χ1) is 20.8. The van der Waals surface area contributed by atoms with E-state index in [4.69, 9.17) is 20.0 Å². The Hall–Kier alpha value is -3.92. The van der Waals surface area contributed by atoms with Crippen molar-refractivity contribution in [3.63, 3.8) is 0 Å². The number of hydrogen-bond donors (Lipinski definition) is 0. The van der Waals surface area contributed by atoms with Crippen LogP contribution in [-0.4, -0.2) is 22.8 Å². The monoisotopic (exact) mass is 640 g/mol. The van der Waals surface area contributed by atoms with Crippen molar-refractivity contribution in [3.8, 4) is 0 Å². The molecule has 0 spiro atoms. The van der Waals surface area contributed by atoms with Crippen molar-refractivity contribution in [1.82, 2.24) is 0 Å². The van der Waals surface area contributed by atoms with Crippen LogP contribution in [-0.2, 0) is 17.1 Å². The zero-order valence-electron chi connectivity index (χ0n) is 29.1. The van der Waals surface area contributed by atoms with Gasteiger partial charge in [-0.25, -0.2) is 0 Å². The zero-order chi connectivity index (χ0) is 32.6. The van der Waals surface area contributed by atoms with Gasteiger partial charge in [0, 0.05) is 17.1 Å². The van der Waals surface area contributed by atoms with Crippen LogP contribution in [0.2, 0.25) is 0 Å². The third kappa shape index (κ3) is 10.0. The summed E-state index contributed by atoms with van der Waals surface area (Å²) < 4.78 is 0. The predicted molar refractivity (Wildman–Crippen MR) is 195 cm³/mol. The van der Waals surface area contributed by atoms with Gasteiger partial charge in [0.25, 0.3) is 0 Å². The molecular formula is C40H48FeN4. The van der Waals surface area contributed by atoms with Crippen LogP contribution in [0.15, 0.2) is 92.8 Å². The molecule has 4 rings (SSSR count). The summed E-state index contributed by atoms with van der Waals surface area (Å²) in [5.41, 5.74) is 17.6. The summed E-state index contributed by atoms with van der Waals surface area (Å²) in [5.74, 6) is 0. The Bertz CT molecular complexity index is 1430. The number of aryl methyl sites for hydroxylation is 8. The smallest absolute Gasteiger partial charge is 0.0691 e. The number of rotatable bonds is 6. The van der Waals surface area contributed by atoms with Gasteiger partial charge in [0.05, 0.1) is 45.6 Å². The first-order valence-corrected chi connectivity index (χ1v) is 15.3. The molecule has 0 saturated heterocycles. The molecule has 0 atom stereocenters. The number of benzene rings is 4. The fourth-order valence-electron chi connectivity index (χ4n) is 4.92. The van der Waals surface area contributed by atoms with E-state index < -0.39 is 0 Å². The second-order valence-electron chi connectivity index (χ2n) is 11.8. The molecule has 0 saturated carbocycles. The summed E-state index contributed by atoms with van der Waals surface area (Å²) in [6, 6.07) is 25.0. The summed E-state index contributed by atoms with van der Waals surface area (Å²) in [7, 11) is 0. The maximum absolute atomic E-state index is 4.80. The van der Waals surface area contributed by atoms with E-state index in [2.05, 4.69) is 128 Å². The molecule has 4 aromatic carbocycles. The molecule has 4 aromatic rings. The minimum Gasteiger partial charge on any atom is -0.251 e. The van der Waals surface area contributed by atoms with Gasteiger partial charge in [0.1, 0.15) is 0 Å². The average molecular weight is 641 g/mol. The van der Waals surface area contributed by atoms with Gasteiger partial charge in [-0.15, -0.1) is 0 Å². The number of hydrogen-bond acceptors (Lipinski definition) is 4. The molecule has 0 heterocycles. The van der Waals surface area contributed by atoms with Crippen LogP contribution in [0.4, 0.5) is 22.7 Å². The fraction of sp³-hybridized carbons (Fsp3) is 0.300. The van der Waals surface area contributed by atoms with Crippen molar-refractivity contribution in [2.45, 2.75) is 83.1 Å². The SMILES string of the molecule is CC(=Nc1c(C)cccc1C)C(C)=Nc1c(C)cccc1C.CC(=Nc1c(C)cccc1C)C(C)=Nc1c(C)cccc1C.[Fe]. The number of nitrogens with zero attached hydrogens (tertiary/aromatic N) is 4. The van der Waals surface area contributed by atoms with E-state index in [0.717, 1.165) is 45.6 Å². The maximum Gasteiger partial charge on any atom is 0.0691 e. The quantitative estimate of drug-likeness (QED) is 0.149. The summed E-state index contributed by atoms with van der Waals surface area (Å²) >= 11 is 0. The van der Waals surface area contributed by atoms with Crippen LogP contribution in [0, 0.1) is 55.4 Å². The van der Waals surface area contributed by atoms with Crippen LogP contribution < -0.4 is 0 Å². The molecule has 0 aliphatic rings. The standard InChI is InChI=1S/2C20H24N2.Fe/c2*1-13-9-7-10-14(2)19(13)21-17(5)18(6)22-20-15(3)11-8-12-16(20)4;/h2*7-12H,1-6H3;. The Labute approximate surface area is 282 Å². The normalized spacial score (nSPS) is 12.4. The topological polar surface area (TPSA) is 49.4 Å². The van der Waals surface area contributed by atoms with Gasteiger partial charge in [0.2, 0.25) is 0 Å². The summed E-state index contributed by atoms with van der Waals surface area (Å²) in [4.78, 5) is 19.2. The molecule has 236 valence electrons. The first-order valence-electron chi connectivity index (χ1n) is 15.3. The van der Waals surface area contributed by atoms with Crippen LogP contribution in [0.5, 0.6) is 0 Å². The van der Waals surface area contributed by atoms with E-state index in [1.807, 2.05) is 27.7 Å². The van der Waals surface area contributed by atoms with E-state index in [9.17, 15) is 0 Å². The van der Waals surface area contributed by atoms with E-state index in [1.54, 1.807) is 0 Å². The molecule has 0 N–H and O–H groups in total. The van der Waals surface area contributed by atoms with Crippen molar-refractivity contribution >= 4 is 45.6 Å². The molecule has 5 heteroatoms. The van der Waals surface area contributed by atoms with Crippen LogP contribution in [0.3, 0.4) is 0 Å². The van der Waals surface area contributed by atoms with E-state index in [-0.39, 0.29) is 17.1 Å². The maximum atomic E-state index is 4.80. The third-order valence-corrected chi connectivity index (χ3v) is 7.92. The van der Waals surface area contributed by atoms with Gasteiger partial charge < -0.3 is 0 Å². The van der Waals surface area contributed by atoms with Gasteiger partial charge in [-0.3, -0.25) is 20.0 Å². The van der Waals surface area contributed by atoms with Crippen molar-refractivity contribution in [2.75, 3.05) is 0 Å². The van der Waals surface area contributed by atoms with Crippen molar-refractivity contribution in [3.05, 3.63) is 117 Å². The number of aliphatic imine (C=N–C) groups is 4. The fourth-order valence-corrected chi connectivity index (χ4v) is 4.92. The Morgan fingerprint density at radius 2 is 0.444 bits per heavy atom. The summed E-state index contributed by atoms with van der Waals surface area (Å²) in [6.07, 6.45) is 0. The molecule has 0 amide bonds. The summed E-state index contributed by atoms with van der Waals surface area (Å²) in [6.45, 7) is 24.9. The third-order valence-electron chi connectivity index (χ3n) is 7.92. The molecule has 0 aliphatic heterocycles. The molecule has 0 fully saturated rings. The largest absolute Gasteiger partial charge is 0.251 e. The van der Waals surface area contributed by atoms with Gasteiger partial charge in [0.15, 0.2) is 0 Å². The molecule has 0 aromatic heterocycles. The molecule has 0 radical (unpaired) electrons. The minimum atomic E-state index is 0. The molecule has 45 heavy (non-hydrogen) atoms. The van der Waals surface area contributed by atoms with Crippen LogP contribution in [0.25, 0.3) is 0 Å². The Morgan fingerprint density at radius 1 is 0.311 bits per heavy atom. The molecule has 4 nitrogen and oxygen atoms in total. The van der Waals surface area contributed by atoms with E-state index in [1.165, 1.54) is 44.5 Å². The van der Waals surface area contributed by atoms with Crippen LogP contribution >= 0.6 is 0 Å². The molecule has 0 unspecified atom stereocenters. The van der Waals surface area contributed by atoms with E-state index in [0.29, 0.717) is 0 Å². The second-order valence-corrected chi connectivity index (χ2v) is 11.8. The zero-order valence-corrected chi connectivity index (χ0v) is 30.2. The van der Waals surface area contributed by atoms with Gasteiger partial charge in [-0.05, 0) is 128 Å². The van der Waals surface area contributed by atoms with Crippen molar-refractivity contribution in [1.29, 1.82) is 0 Å². The molecule has 0 aliphatic carbocycles. The Kier molecular flexibility index (Phi) is 14.0. The molecular weight excluding hydrogens is 592 g/mol. The predicted octanol–water partition coefficient (Wildman–Crippen LogP) is 11.6. The average Bonchev–Trinajstić information content (AvgIpc) is 2.97. The first kappa shape index (κ1) is 37.3. The Morgan fingerprint density at radius 3 is 0.578 bits per heavy atom.